The predicted molar refractivity (Wildman–Crippen MR) is 252 cm³/mol. The van der Waals surface area contributed by atoms with Crippen LogP contribution in [0.2, 0.25) is 0 Å². The van der Waals surface area contributed by atoms with Crippen LogP contribution in [-0.2, 0) is 0 Å². The summed E-state index contributed by atoms with van der Waals surface area (Å²) in [6, 6.07) is 19.4. The van der Waals surface area contributed by atoms with E-state index in [-0.39, 0.29) is 10.9 Å². The number of ether oxygens (including phenoxy) is 2. The number of hydrogen-bond acceptors (Lipinski definition) is 6. The number of anilines is 2. The maximum atomic E-state index is 13.3. The minimum atomic E-state index is 0.00560. The van der Waals surface area contributed by atoms with Crippen LogP contribution < -0.4 is 30.1 Å². The van der Waals surface area contributed by atoms with Crippen molar-refractivity contribution in [2.45, 2.75) is 170 Å². The van der Waals surface area contributed by atoms with E-state index < -0.39 is 0 Å². The number of rotatable bonds is 32. The molecule has 0 heterocycles. The van der Waals surface area contributed by atoms with Gasteiger partial charge in [0.05, 0.1) is 24.6 Å². The van der Waals surface area contributed by atoms with E-state index in [4.69, 9.17) is 9.47 Å². The average molecular weight is 797 g/mol. The van der Waals surface area contributed by atoms with Crippen molar-refractivity contribution >= 4 is 11.4 Å². The summed E-state index contributed by atoms with van der Waals surface area (Å²) in [4.78, 5) is 30.8. The molecule has 0 saturated carbocycles. The first kappa shape index (κ1) is 48.6. The monoisotopic (exact) mass is 797 g/mol. The zero-order valence-corrected chi connectivity index (χ0v) is 37.7. The molecule has 3 rings (SSSR count). The summed E-state index contributed by atoms with van der Waals surface area (Å²) in [5.41, 5.74) is 5.05. The summed E-state index contributed by atoms with van der Waals surface area (Å²) in [5.74, 6) is 1.52. The molecule has 0 radical (unpaired) electrons. The normalized spacial score (nSPS) is 11.1. The minimum Gasteiger partial charge on any atom is -0.493 e. The molecule has 3 aromatic carbocycles. The molecule has 0 aromatic heterocycles. The highest BCUT2D eigenvalue weighted by molar-refractivity contribution is 5.81. The molecule has 0 atom stereocenters. The predicted octanol–water partition coefficient (Wildman–Crippen LogP) is 14.0. The zero-order valence-electron chi connectivity index (χ0n) is 37.7. The van der Waals surface area contributed by atoms with E-state index in [1.54, 1.807) is 12.1 Å². The van der Waals surface area contributed by atoms with Gasteiger partial charge >= 0.3 is 0 Å². The highest BCUT2D eigenvalue weighted by Crippen LogP contribution is 2.41. The Morgan fingerprint density at radius 2 is 0.672 bits per heavy atom. The van der Waals surface area contributed by atoms with Gasteiger partial charge in [-0.3, -0.25) is 9.59 Å². The molecule has 322 valence electrons. The van der Waals surface area contributed by atoms with Crippen LogP contribution in [0.5, 0.6) is 11.5 Å². The molecule has 0 spiro atoms. The van der Waals surface area contributed by atoms with Crippen LogP contribution >= 0.6 is 0 Å². The molecule has 3 aromatic rings. The van der Waals surface area contributed by atoms with Gasteiger partial charge in [-0.1, -0.05) is 154 Å². The molecular weight excluding hydrogens is 717 g/mol. The lowest BCUT2D eigenvalue weighted by Crippen LogP contribution is -2.26. The third-order valence-electron chi connectivity index (χ3n) is 11.6. The zero-order chi connectivity index (χ0) is 41.8. The lowest BCUT2D eigenvalue weighted by atomic mass is 9.99. The third kappa shape index (κ3) is 16.8. The number of benzene rings is 1. The van der Waals surface area contributed by atoms with Gasteiger partial charge in [0.2, 0.25) is 10.9 Å². The highest BCUT2D eigenvalue weighted by Gasteiger charge is 2.17. The molecule has 0 amide bonds. The SMILES string of the molecule is CCCCCCCCCCCCOc1cc(-c2ccc(N(CC)CC)c(=O)cc2)c(OCCCCCCCCCCCC)cc1-c1ccc(N(CC)CC)c(=O)cc1. The number of unbranched alkanes of at least 4 members (excludes halogenated alkanes) is 18. The second-order valence-electron chi connectivity index (χ2n) is 16.0. The molecule has 0 fully saturated rings. The summed E-state index contributed by atoms with van der Waals surface area (Å²) >= 11 is 0. The molecule has 0 aliphatic rings. The van der Waals surface area contributed by atoms with E-state index in [2.05, 4.69) is 63.5 Å². The van der Waals surface area contributed by atoms with Gasteiger partial charge in [-0.2, -0.15) is 0 Å². The molecular formula is C52H80N2O4. The van der Waals surface area contributed by atoms with Crippen LogP contribution in [0, 0.1) is 0 Å². The van der Waals surface area contributed by atoms with E-state index in [9.17, 15) is 9.59 Å². The second-order valence-corrected chi connectivity index (χ2v) is 16.0. The van der Waals surface area contributed by atoms with Crippen molar-refractivity contribution in [3.63, 3.8) is 0 Å². The lowest BCUT2D eigenvalue weighted by Gasteiger charge is -2.19. The van der Waals surface area contributed by atoms with Gasteiger partial charge in [0.25, 0.3) is 0 Å². The second kappa shape index (κ2) is 29.4. The van der Waals surface area contributed by atoms with E-state index in [1.165, 1.54) is 103 Å². The van der Waals surface area contributed by atoms with Crippen LogP contribution in [0.25, 0.3) is 22.3 Å². The van der Waals surface area contributed by atoms with Gasteiger partial charge in [-0.25, -0.2) is 0 Å². The molecule has 0 saturated heterocycles. The topological polar surface area (TPSA) is 59.1 Å². The Hall–Kier alpha value is -3.80. The van der Waals surface area contributed by atoms with Gasteiger partial charge in [0.15, 0.2) is 0 Å². The van der Waals surface area contributed by atoms with E-state index in [0.29, 0.717) is 24.6 Å². The quantitative estimate of drug-likeness (QED) is 0.0587. The van der Waals surface area contributed by atoms with E-state index in [0.717, 1.165) is 85.6 Å². The van der Waals surface area contributed by atoms with Gasteiger partial charge in [-0.15, -0.1) is 0 Å². The standard InChI is InChI=1S/C52H80N2O4/c1-7-13-15-17-19-21-23-25-27-29-39-57-51-41-46(44-32-36-48(50(56)38-34-44)54(11-5)12-6)52(58-40-30-28-26-24-22-20-18-16-14-8-2)42-45(51)43-31-35-47(49(55)37-33-43)53(9-3)10-4/h31-38,41-42H,7-30,39-40H2,1-6H3. The Balaban J connectivity index is 1.95. The van der Waals surface area contributed by atoms with Crippen molar-refractivity contribution in [3.8, 4) is 33.8 Å². The van der Waals surface area contributed by atoms with Crippen LogP contribution in [-0.4, -0.2) is 39.4 Å². The Labute approximate surface area is 353 Å². The summed E-state index contributed by atoms with van der Waals surface area (Å²) in [6.45, 7) is 17.1. The van der Waals surface area contributed by atoms with Gasteiger partial charge in [-0.05, 0) is 88.1 Å². The highest BCUT2D eigenvalue weighted by atomic mass is 16.5. The van der Waals surface area contributed by atoms with Crippen molar-refractivity contribution in [2.24, 2.45) is 0 Å². The number of nitrogens with zero attached hydrogens (tertiary/aromatic N) is 2. The first-order valence-electron chi connectivity index (χ1n) is 23.6. The summed E-state index contributed by atoms with van der Waals surface area (Å²) < 4.78 is 13.4. The van der Waals surface area contributed by atoms with Gasteiger partial charge in [0.1, 0.15) is 11.5 Å². The first-order chi connectivity index (χ1) is 28.4. The summed E-state index contributed by atoms with van der Waals surface area (Å²) in [7, 11) is 0. The van der Waals surface area contributed by atoms with Gasteiger partial charge in [0, 0.05) is 37.3 Å². The fourth-order valence-electron chi connectivity index (χ4n) is 7.92. The third-order valence-corrected chi connectivity index (χ3v) is 11.6. The largest absolute Gasteiger partial charge is 0.493 e. The Bertz CT molecular complexity index is 1560. The van der Waals surface area contributed by atoms with E-state index >= 15 is 0 Å². The number of hydrogen-bond donors (Lipinski definition) is 0. The molecule has 0 unspecified atom stereocenters. The smallest absolute Gasteiger partial charge is 0.201 e. The molecule has 0 aliphatic heterocycles. The maximum Gasteiger partial charge on any atom is 0.201 e. The molecule has 58 heavy (non-hydrogen) atoms. The molecule has 0 bridgehead atoms. The van der Waals surface area contributed by atoms with Crippen molar-refractivity contribution in [1.29, 1.82) is 0 Å². The van der Waals surface area contributed by atoms with Crippen molar-refractivity contribution in [3.05, 3.63) is 81.1 Å². The summed E-state index contributed by atoms with van der Waals surface area (Å²) in [5, 5.41) is 0. The molecule has 0 N–H and O–H groups in total. The van der Waals surface area contributed by atoms with Crippen molar-refractivity contribution in [1.82, 2.24) is 0 Å². The Kier molecular flexibility index (Phi) is 24.6. The molecule has 6 nitrogen and oxygen atoms in total. The Morgan fingerprint density at radius 3 is 0.983 bits per heavy atom. The van der Waals surface area contributed by atoms with Gasteiger partial charge < -0.3 is 19.3 Å². The van der Waals surface area contributed by atoms with Crippen LogP contribution in [0.4, 0.5) is 11.4 Å². The van der Waals surface area contributed by atoms with Crippen LogP contribution in [0.15, 0.2) is 70.3 Å². The minimum absolute atomic E-state index is 0.00560. The first-order valence-corrected chi connectivity index (χ1v) is 23.6. The molecule has 0 aliphatic carbocycles. The van der Waals surface area contributed by atoms with Crippen molar-refractivity contribution in [2.75, 3.05) is 49.2 Å². The average Bonchev–Trinajstić information content (AvgIpc) is 3.55. The summed E-state index contributed by atoms with van der Waals surface area (Å²) in [6.07, 6.45) is 25.3. The van der Waals surface area contributed by atoms with Crippen LogP contribution in [0.3, 0.4) is 0 Å². The van der Waals surface area contributed by atoms with Crippen molar-refractivity contribution < 1.29 is 9.47 Å². The Morgan fingerprint density at radius 1 is 0.379 bits per heavy atom. The van der Waals surface area contributed by atoms with Crippen LogP contribution in [0.1, 0.15) is 170 Å². The fraction of sp³-hybridized carbons (Fsp3) is 0.615. The lowest BCUT2D eigenvalue weighted by molar-refractivity contribution is 0.298. The van der Waals surface area contributed by atoms with E-state index in [1.807, 2.05) is 36.4 Å². The molecule has 6 heteroatoms. The maximum absolute atomic E-state index is 13.3. The fourth-order valence-corrected chi connectivity index (χ4v) is 7.92.